The van der Waals surface area contributed by atoms with Gasteiger partial charge in [0, 0.05) is 10.4 Å². The molecule has 0 saturated heterocycles. The van der Waals surface area contributed by atoms with E-state index in [1.807, 2.05) is 0 Å². The zero-order valence-corrected chi connectivity index (χ0v) is 15.2. The second kappa shape index (κ2) is 7.20. The van der Waals surface area contributed by atoms with Crippen molar-refractivity contribution < 1.29 is 14.3 Å². The number of anilines is 1. The molecule has 0 atom stereocenters. The number of carbonyl (C=O) groups excluding carboxylic acids is 2. The van der Waals surface area contributed by atoms with Crippen LogP contribution in [0.2, 0.25) is 0 Å². The second-order valence-electron chi connectivity index (χ2n) is 5.57. The number of primary amides is 1. The van der Waals surface area contributed by atoms with E-state index in [0.29, 0.717) is 21.9 Å². The number of benzene rings is 1. The van der Waals surface area contributed by atoms with Crippen LogP contribution in [0.1, 0.15) is 37.6 Å². The summed E-state index contributed by atoms with van der Waals surface area (Å²) in [6.07, 6.45) is 2.80. The minimum atomic E-state index is -0.483. The number of aryl methyl sites for hydroxylation is 1. The molecule has 6 nitrogen and oxygen atoms in total. The van der Waals surface area contributed by atoms with E-state index in [-0.39, 0.29) is 11.0 Å². The molecule has 0 unspecified atom stereocenters. The fourth-order valence-corrected chi connectivity index (χ4v) is 4.39. The predicted molar refractivity (Wildman–Crippen MR) is 102 cm³/mol. The summed E-state index contributed by atoms with van der Waals surface area (Å²) in [7, 11) is 1.53. The zero-order chi connectivity index (χ0) is 18.0. The third-order valence-corrected chi connectivity index (χ3v) is 5.37. The highest BCUT2D eigenvalue weighted by Crippen LogP contribution is 2.38. The van der Waals surface area contributed by atoms with Gasteiger partial charge in [0.1, 0.15) is 10.8 Å². The maximum absolute atomic E-state index is 12.3. The van der Waals surface area contributed by atoms with Crippen molar-refractivity contribution in [2.24, 2.45) is 5.73 Å². The molecule has 2 aromatic rings. The van der Waals surface area contributed by atoms with Crippen molar-refractivity contribution in [3.63, 3.8) is 0 Å². The van der Waals surface area contributed by atoms with Gasteiger partial charge in [0.25, 0.3) is 11.8 Å². The van der Waals surface area contributed by atoms with E-state index in [1.165, 1.54) is 18.4 Å². The summed E-state index contributed by atoms with van der Waals surface area (Å²) in [6, 6.07) is 6.75. The Morgan fingerprint density at radius 1 is 1.32 bits per heavy atom. The molecule has 0 aliphatic heterocycles. The van der Waals surface area contributed by atoms with Crippen molar-refractivity contribution >= 4 is 45.5 Å². The maximum Gasteiger partial charge on any atom is 0.257 e. The minimum Gasteiger partial charge on any atom is -0.497 e. The van der Waals surface area contributed by atoms with Gasteiger partial charge in [-0.2, -0.15) is 0 Å². The van der Waals surface area contributed by atoms with Crippen LogP contribution in [0.3, 0.4) is 0 Å². The summed E-state index contributed by atoms with van der Waals surface area (Å²) in [5, 5.41) is 6.26. The molecule has 0 saturated carbocycles. The summed E-state index contributed by atoms with van der Waals surface area (Å²) in [6.45, 7) is 0. The third kappa shape index (κ3) is 3.64. The smallest absolute Gasteiger partial charge is 0.257 e. The average Bonchev–Trinajstić information content (AvgIpc) is 3.14. The van der Waals surface area contributed by atoms with E-state index in [9.17, 15) is 9.59 Å². The van der Waals surface area contributed by atoms with Crippen molar-refractivity contribution in [1.29, 1.82) is 0 Å². The first-order valence-electron chi connectivity index (χ1n) is 7.70. The minimum absolute atomic E-state index is 0.121. The van der Waals surface area contributed by atoms with E-state index >= 15 is 0 Å². The molecular formula is C17H17N3O3S2. The number of thiocarbonyl (C=S) groups is 1. The van der Waals surface area contributed by atoms with E-state index < -0.39 is 5.91 Å². The molecule has 0 radical (unpaired) electrons. The number of hydrogen-bond donors (Lipinski definition) is 3. The largest absolute Gasteiger partial charge is 0.497 e. The van der Waals surface area contributed by atoms with Crippen LogP contribution in [0.4, 0.5) is 5.00 Å². The van der Waals surface area contributed by atoms with Gasteiger partial charge >= 0.3 is 0 Å². The summed E-state index contributed by atoms with van der Waals surface area (Å²) in [5.41, 5.74) is 7.42. The van der Waals surface area contributed by atoms with Crippen LogP contribution in [0.15, 0.2) is 24.3 Å². The molecule has 0 bridgehead atoms. The first-order valence-corrected chi connectivity index (χ1v) is 8.92. The normalized spacial score (nSPS) is 12.4. The van der Waals surface area contributed by atoms with Crippen LogP contribution in [-0.2, 0) is 12.8 Å². The first-order chi connectivity index (χ1) is 12.0. The Balaban J connectivity index is 1.73. The van der Waals surface area contributed by atoms with E-state index in [2.05, 4.69) is 10.6 Å². The number of nitrogens with one attached hydrogen (secondary N) is 2. The van der Waals surface area contributed by atoms with E-state index in [0.717, 1.165) is 29.7 Å². The van der Waals surface area contributed by atoms with Crippen molar-refractivity contribution in [3.8, 4) is 5.75 Å². The topological polar surface area (TPSA) is 93.4 Å². The highest BCUT2D eigenvalue weighted by molar-refractivity contribution is 7.80. The van der Waals surface area contributed by atoms with Crippen LogP contribution in [0, 0.1) is 0 Å². The van der Waals surface area contributed by atoms with Crippen LogP contribution in [0.5, 0.6) is 5.75 Å². The SMILES string of the molecule is COc1cccc(C(=O)NC(=S)Nc2sc3c(c2C(N)=O)CCC3)c1. The number of methoxy groups -OCH3 is 1. The monoisotopic (exact) mass is 375 g/mol. The lowest BCUT2D eigenvalue weighted by Gasteiger charge is -2.10. The Morgan fingerprint density at radius 2 is 2.12 bits per heavy atom. The van der Waals surface area contributed by atoms with Crippen LogP contribution in [-0.4, -0.2) is 24.0 Å². The number of rotatable bonds is 4. The predicted octanol–water partition coefficient (Wildman–Crippen LogP) is 2.47. The molecule has 0 spiro atoms. The summed E-state index contributed by atoms with van der Waals surface area (Å²) in [4.78, 5) is 25.2. The Hall–Kier alpha value is -2.45. The van der Waals surface area contributed by atoms with Gasteiger partial charge in [0.2, 0.25) is 0 Å². The number of fused-ring (bicyclic) bond motifs is 1. The molecule has 1 aromatic carbocycles. The molecule has 1 aliphatic carbocycles. The lowest BCUT2D eigenvalue weighted by atomic mass is 10.1. The lowest BCUT2D eigenvalue weighted by molar-refractivity contribution is 0.0975. The summed E-state index contributed by atoms with van der Waals surface area (Å²) in [5.74, 6) is -0.262. The quantitative estimate of drug-likeness (QED) is 0.714. The van der Waals surface area contributed by atoms with Gasteiger partial charge in [-0.3, -0.25) is 14.9 Å². The van der Waals surface area contributed by atoms with Crippen molar-refractivity contribution in [3.05, 3.63) is 45.8 Å². The Kier molecular flexibility index (Phi) is 5.00. The molecule has 8 heteroatoms. The maximum atomic E-state index is 12.3. The van der Waals surface area contributed by atoms with Gasteiger partial charge in [0.15, 0.2) is 5.11 Å². The average molecular weight is 375 g/mol. The molecule has 130 valence electrons. The Bertz CT molecular complexity index is 861. The first kappa shape index (κ1) is 17.4. The van der Waals surface area contributed by atoms with Crippen molar-refractivity contribution in [2.75, 3.05) is 12.4 Å². The molecule has 1 heterocycles. The van der Waals surface area contributed by atoms with Gasteiger partial charge < -0.3 is 15.8 Å². The zero-order valence-electron chi connectivity index (χ0n) is 13.5. The lowest BCUT2D eigenvalue weighted by Crippen LogP contribution is -2.34. The molecular weight excluding hydrogens is 358 g/mol. The highest BCUT2D eigenvalue weighted by Gasteiger charge is 2.25. The number of amides is 2. The molecule has 0 fully saturated rings. The standard InChI is InChI=1S/C17H17N3O3S2/c1-23-10-5-2-4-9(8-10)15(22)19-17(24)20-16-13(14(18)21)11-6-3-7-12(11)25-16/h2,4-5,8H,3,6-7H2,1H3,(H2,18,21)(H2,19,20,22,24). The Labute approximate surface area is 154 Å². The molecule has 1 aromatic heterocycles. The number of thiophene rings is 1. The number of carbonyl (C=O) groups is 2. The van der Waals surface area contributed by atoms with Crippen LogP contribution >= 0.6 is 23.6 Å². The molecule has 1 aliphatic rings. The third-order valence-electron chi connectivity index (χ3n) is 3.95. The van der Waals surface area contributed by atoms with Gasteiger partial charge in [-0.05, 0) is 55.2 Å². The van der Waals surface area contributed by atoms with Gasteiger partial charge in [-0.25, -0.2) is 0 Å². The number of ether oxygens (including phenoxy) is 1. The molecule has 3 rings (SSSR count). The van der Waals surface area contributed by atoms with E-state index in [1.54, 1.807) is 24.3 Å². The molecule has 25 heavy (non-hydrogen) atoms. The number of hydrogen-bond acceptors (Lipinski definition) is 5. The van der Waals surface area contributed by atoms with Gasteiger partial charge in [-0.1, -0.05) is 6.07 Å². The van der Waals surface area contributed by atoms with Crippen molar-refractivity contribution in [2.45, 2.75) is 19.3 Å². The second-order valence-corrected chi connectivity index (χ2v) is 7.08. The van der Waals surface area contributed by atoms with Crippen LogP contribution < -0.4 is 21.1 Å². The van der Waals surface area contributed by atoms with Crippen molar-refractivity contribution in [1.82, 2.24) is 5.32 Å². The Morgan fingerprint density at radius 3 is 2.84 bits per heavy atom. The summed E-state index contributed by atoms with van der Waals surface area (Å²) >= 11 is 6.67. The van der Waals surface area contributed by atoms with Crippen LogP contribution in [0.25, 0.3) is 0 Å². The molecule has 2 amide bonds. The van der Waals surface area contributed by atoms with Gasteiger partial charge in [0.05, 0.1) is 12.7 Å². The highest BCUT2D eigenvalue weighted by atomic mass is 32.1. The molecule has 4 N–H and O–H groups in total. The summed E-state index contributed by atoms with van der Waals surface area (Å²) < 4.78 is 5.10. The van der Waals surface area contributed by atoms with E-state index in [4.69, 9.17) is 22.7 Å². The number of nitrogens with two attached hydrogens (primary N) is 1. The fourth-order valence-electron chi connectivity index (χ4n) is 2.83. The fraction of sp³-hybridized carbons (Fsp3) is 0.235. The van der Waals surface area contributed by atoms with Gasteiger partial charge in [-0.15, -0.1) is 11.3 Å².